The zero-order chi connectivity index (χ0) is 20.3. The second kappa shape index (κ2) is 8.67. The molecule has 0 aliphatic heterocycles. The van der Waals surface area contributed by atoms with Gasteiger partial charge in [0.05, 0.1) is 16.8 Å². The highest BCUT2D eigenvalue weighted by molar-refractivity contribution is 7.14. The molecule has 5 nitrogen and oxygen atoms in total. The fourth-order valence-electron chi connectivity index (χ4n) is 3.29. The van der Waals surface area contributed by atoms with Crippen molar-refractivity contribution >= 4 is 17.2 Å². The number of carbonyl (C=O) groups excluding carboxylic acids is 1. The molecule has 1 atom stereocenters. The van der Waals surface area contributed by atoms with Crippen molar-refractivity contribution in [3.63, 3.8) is 0 Å². The van der Waals surface area contributed by atoms with Gasteiger partial charge in [-0.1, -0.05) is 19.1 Å². The molecule has 0 radical (unpaired) electrons. The lowest BCUT2D eigenvalue weighted by molar-refractivity contribution is 0.0942. The number of nitrogens with two attached hydrogens (primary N) is 1. The normalized spacial score (nSPS) is 12.2. The maximum absolute atomic E-state index is 13.1. The summed E-state index contributed by atoms with van der Waals surface area (Å²) < 4.78 is 14.9. The number of nitrogens with one attached hydrogen (secondary N) is 1. The predicted octanol–water partition coefficient (Wildman–Crippen LogP) is 3.46. The number of rotatable bonds is 7. The van der Waals surface area contributed by atoms with Gasteiger partial charge in [0.1, 0.15) is 5.82 Å². The molecule has 28 heavy (non-hydrogen) atoms. The van der Waals surface area contributed by atoms with Gasteiger partial charge in [-0.05, 0) is 49.1 Å². The molecule has 0 fully saturated rings. The highest BCUT2D eigenvalue weighted by atomic mass is 32.1. The molecule has 0 aliphatic rings. The fourth-order valence-corrected chi connectivity index (χ4v) is 4.30. The van der Waals surface area contributed by atoms with Crippen LogP contribution in [0.4, 0.5) is 4.39 Å². The van der Waals surface area contributed by atoms with E-state index in [1.165, 1.54) is 23.5 Å². The van der Waals surface area contributed by atoms with Crippen molar-refractivity contribution in [3.8, 4) is 11.3 Å². The average Bonchev–Trinajstić information content (AvgIpc) is 3.25. The molecule has 0 aliphatic carbocycles. The van der Waals surface area contributed by atoms with Gasteiger partial charge in [-0.3, -0.25) is 9.48 Å². The largest absolute Gasteiger partial charge is 0.347 e. The van der Waals surface area contributed by atoms with E-state index in [1.807, 2.05) is 30.9 Å². The van der Waals surface area contributed by atoms with E-state index in [1.54, 1.807) is 12.1 Å². The third kappa shape index (κ3) is 4.31. The first kappa shape index (κ1) is 20.2. The molecule has 148 valence electrons. The number of amides is 1. The standard InChI is InChI=1S/C21H25FN4OS/c1-4-18-17(20-13(2)12-24-26(20)3)10-19(28-18)21(27)25-16(11-23)9-14-5-7-15(22)8-6-14/h5-8,10,12,16H,4,9,11,23H2,1-3H3,(H,25,27)/t16-/m0/s1. The van der Waals surface area contributed by atoms with Gasteiger partial charge >= 0.3 is 0 Å². The first-order chi connectivity index (χ1) is 13.4. The van der Waals surface area contributed by atoms with Crippen molar-refractivity contribution in [2.45, 2.75) is 32.7 Å². The summed E-state index contributed by atoms with van der Waals surface area (Å²) in [6.07, 6.45) is 3.23. The number of nitrogens with zero attached hydrogens (tertiary/aromatic N) is 2. The SMILES string of the molecule is CCc1sc(C(=O)N[C@H](CN)Cc2ccc(F)cc2)cc1-c1c(C)cnn1C. The summed E-state index contributed by atoms with van der Waals surface area (Å²) in [7, 11) is 1.91. The minimum absolute atomic E-state index is 0.136. The van der Waals surface area contributed by atoms with Crippen molar-refractivity contribution < 1.29 is 9.18 Å². The minimum atomic E-state index is -0.277. The summed E-state index contributed by atoms with van der Waals surface area (Å²) >= 11 is 1.50. The third-order valence-corrected chi connectivity index (χ3v) is 6.02. The van der Waals surface area contributed by atoms with Crippen LogP contribution in [0.3, 0.4) is 0 Å². The second-order valence-corrected chi connectivity index (χ2v) is 7.97. The average molecular weight is 401 g/mol. The molecule has 7 heteroatoms. The van der Waals surface area contributed by atoms with E-state index in [9.17, 15) is 9.18 Å². The van der Waals surface area contributed by atoms with Crippen molar-refractivity contribution in [1.82, 2.24) is 15.1 Å². The molecule has 0 saturated carbocycles. The van der Waals surface area contributed by atoms with Crippen LogP contribution in [0.15, 0.2) is 36.5 Å². The Bertz CT molecular complexity index is 942. The molecule has 3 N–H and O–H groups in total. The Morgan fingerprint density at radius 1 is 1.36 bits per heavy atom. The molecule has 0 unspecified atom stereocenters. The van der Waals surface area contributed by atoms with Gasteiger partial charge in [0.25, 0.3) is 5.91 Å². The van der Waals surface area contributed by atoms with Crippen molar-refractivity contribution in [2.75, 3.05) is 6.54 Å². The molecule has 3 rings (SSSR count). The Balaban J connectivity index is 1.79. The summed E-state index contributed by atoms with van der Waals surface area (Å²) in [4.78, 5) is 14.7. The third-order valence-electron chi connectivity index (χ3n) is 4.75. The number of hydrogen-bond acceptors (Lipinski definition) is 4. The maximum Gasteiger partial charge on any atom is 0.261 e. The number of aromatic nitrogens is 2. The number of aryl methyl sites for hydroxylation is 3. The lowest BCUT2D eigenvalue weighted by Crippen LogP contribution is -2.41. The Hall–Kier alpha value is -2.51. The number of hydrogen-bond donors (Lipinski definition) is 2. The van der Waals surface area contributed by atoms with Crippen LogP contribution in [-0.4, -0.2) is 28.3 Å². The molecular weight excluding hydrogens is 375 g/mol. The number of halogens is 1. The van der Waals surface area contributed by atoms with Gasteiger partial charge in [-0.2, -0.15) is 5.10 Å². The second-order valence-electron chi connectivity index (χ2n) is 6.84. The zero-order valence-electron chi connectivity index (χ0n) is 16.3. The van der Waals surface area contributed by atoms with Crippen LogP contribution in [0.25, 0.3) is 11.3 Å². The molecule has 1 amide bonds. The lowest BCUT2D eigenvalue weighted by Gasteiger charge is -2.16. The van der Waals surface area contributed by atoms with Crippen molar-refractivity contribution in [2.24, 2.45) is 12.8 Å². The van der Waals surface area contributed by atoms with Crippen LogP contribution in [0.2, 0.25) is 0 Å². The molecule has 1 aromatic carbocycles. The van der Waals surface area contributed by atoms with Crippen LogP contribution in [0.1, 0.15) is 32.6 Å². The maximum atomic E-state index is 13.1. The predicted molar refractivity (Wildman–Crippen MR) is 111 cm³/mol. The molecule has 2 aromatic heterocycles. The highest BCUT2D eigenvalue weighted by Crippen LogP contribution is 2.33. The first-order valence-corrected chi connectivity index (χ1v) is 10.1. The van der Waals surface area contributed by atoms with Gasteiger partial charge in [-0.25, -0.2) is 4.39 Å². The topological polar surface area (TPSA) is 72.9 Å². The lowest BCUT2D eigenvalue weighted by atomic mass is 10.1. The van der Waals surface area contributed by atoms with Gasteiger partial charge in [0.2, 0.25) is 0 Å². The van der Waals surface area contributed by atoms with Crippen LogP contribution in [0.5, 0.6) is 0 Å². The molecule has 0 saturated heterocycles. The van der Waals surface area contributed by atoms with Crippen LogP contribution in [-0.2, 0) is 19.9 Å². The minimum Gasteiger partial charge on any atom is -0.347 e. The molecule has 3 aromatic rings. The van der Waals surface area contributed by atoms with Crippen molar-refractivity contribution in [1.29, 1.82) is 0 Å². The van der Waals surface area contributed by atoms with Gasteiger partial charge in [0, 0.05) is 30.1 Å². The van der Waals surface area contributed by atoms with Crippen LogP contribution < -0.4 is 11.1 Å². The van der Waals surface area contributed by atoms with E-state index in [0.717, 1.165) is 33.7 Å². The van der Waals surface area contributed by atoms with Crippen LogP contribution >= 0.6 is 11.3 Å². The van der Waals surface area contributed by atoms with Crippen molar-refractivity contribution in [3.05, 3.63) is 63.2 Å². The van der Waals surface area contributed by atoms with E-state index < -0.39 is 0 Å². The summed E-state index contributed by atoms with van der Waals surface area (Å²) in [5.41, 5.74) is 9.96. The van der Waals surface area contributed by atoms with Gasteiger partial charge in [0.15, 0.2) is 0 Å². The van der Waals surface area contributed by atoms with E-state index in [4.69, 9.17) is 5.73 Å². The van der Waals surface area contributed by atoms with E-state index >= 15 is 0 Å². The van der Waals surface area contributed by atoms with E-state index in [0.29, 0.717) is 17.8 Å². The Morgan fingerprint density at radius 2 is 2.07 bits per heavy atom. The summed E-state index contributed by atoms with van der Waals surface area (Å²) in [5.74, 6) is -0.413. The van der Waals surface area contributed by atoms with Crippen LogP contribution in [0, 0.1) is 12.7 Å². The van der Waals surface area contributed by atoms with Gasteiger partial charge < -0.3 is 11.1 Å². The molecule has 2 heterocycles. The number of benzene rings is 1. The molecule has 0 spiro atoms. The molecule has 0 bridgehead atoms. The Labute approximate surface area is 168 Å². The van der Waals surface area contributed by atoms with E-state index in [2.05, 4.69) is 17.3 Å². The Morgan fingerprint density at radius 3 is 2.64 bits per heavy atom. The first-order valence-electron chi connectivity index (χ1n) is 9.30. The quantitative estimate of drug-likeness (QED) is 0.638. The monoisotopic (exact) mass is 400 g/mol. The fraction of sp³-hybridized carbons (Fsp3) is 0.333. The summed E-state index contributed by atoms with van der Waals surface area (Å²) in [5, 5.41) is 7.33. The van der Waals surface area contributed by atoms with Gasteiger partial charge in [-0.15, -0.1) is 11.3 Å². The smallest absolute Gasteiger partial charge is 0.261 e. The summed E-state index contributed by atoms with van der Waals surface area (Å²) in [6, 6.07) is 7.99. The molecular formula is C21H25FN4OS. The Kier molecular flexibility index (Phi) is 6.26. The number of thiophene rings is 1. The summed E-state index contributed by atoms with van der Waals surface area (Å²) in [6.45, 7) is 4.41. The zero-order valence-corrected chi connectivity index (χ0v) is 17.1. The number of carbonyl (C=O) groups is 1. The highest BCUT2D eigenvalue weighted by Gasteiger charge is 2.20. The van der Waals surface area contributed by atoms with E-state index in [-0.39, 0.29) is 17.8 Å².